The van der Waals surface area contributed by atoms with Gasteiger partial charge in [-0.1, -0.05) is 94.6 Å². The van der Waals surface area contributed by atoms with Gasteiger partial charge in [0, 0.05) is 14.7 Å². The van der Waals surface area contributed by atoms with Gasteiger partial charge in [-0.25, -0.2) is 0 Å². The minimum Gasteiger partial charge on any atom is -0.125 e. The maximum atomic E-state index is 2.40. The van der Waals surface area contributed by atoms with E-state index in [1.807, 2.05) is 35.3 Å². The summed E-state index contributed by atoms with van der Waals surface area (Å²) in [5, 5.41) is 4.56. The van der Waals surface area contributed by atoms with Crippen LogP contribution in [0.4, 0.5) is 0 Å². The zero-order valence-corrected chi connectivity index (χ0v) is 24.3. The van der Waals surface area contributed by atoms with Crippen LogP contribution in [-0.4, -0.2) is 17.3 Å². The van der Waals surface area contributed by atoms with Crippen molar-refractivity contribution >= 4 is 59.1 Å². The summed E-state index contributed by atoms with van der Waals surface area (Å²) in [6.45, 7) is 6.85. The standard InChI is InChI=1S/C30H39PS3/c1-4-7-22-32-28-19-13-10-16-25(28)31(26-17-11-14-20-29(26)33-23-8-5-2)27-18-12-15-21-30(27)34-24-9-6-3/h10-21H,4-9,22-24H2,1-3H3. The van der Waals surface area contributed by atoms with Crippen LogP contribution < -0.4 is 15.9 Å². The topological polar surface area (TPSA) is 0 Å². The first-order chi connectivity index (χ1) is 16.8. The van der Waals surface area contributed by atoms with E-state index in [0.717, 1.165) is 0 Å². The maximum Gasteiger partial charge on any atom is 0.0155 e. The van der Waals surface area contributed by atoms with E-state index >= 15 is 0 Å². The molecular formula is C30H39PS3. The summed E-state index contributed by atoms with van der Waals surface area (Å²) in [6.07, 6.45) is 7.55. The number of unbranched alkanes of at least 4 members (excludes halogenated alkanes) is 3. The largest absolute Gasteiger partial charge is 0.125 e. The average Bonchev–Trinajstić information content (AvgIpc) is 2.87. The van der Waals surface area contributed by atoms with E-state index in [9.17, 15) is 0 Å². The predicted molar refractivity (Wildman–Crippen MR) is 162 cm³/mol. The monoisotopic (exact) mass is 526 g/mol. The van der Waals surface area contributed by atoms with Crippen molar-refractivity contribution in [3.05, 3.63) is 72.8 Å². The van der Waals surface area contributed by atoms with Crippen molar-refractivity contribution in [2.45, 2.75) is 74.0 Å². The summed E-state index contributed by atoms with van der Waals surface area (Å²) in [5.41, 5.74) is 0. The Morgan fingerprint density at radius 1 is 0.471 bits per heavy atom. The highest BCUT2D eigenvalue weighted by atomic mass is 32.2. The Bertz CT molecular complexity index is 861. The second kappa shape index (κ2) is 16.0. The van der Waals surface area contributed by atoms with Gasteiger partial charge in [0.25, 0.3) is 0 Å². The van der Waals surface area contributed by atoms with E-state index in [0.29, 0.717) is 0 Å². The zero-order chi connectivity index (χ0) is 24.0. The lowest BCUT2D eigenvalue weighted by atomic mass is 10.3. The van der Waals surface area contributed by atoms with E-state index in [-0.39, 0.29) is 0 Å². The fourth-order valence-corrected chi connectivity index (χ4v) is 10.6. The first-order valence-corrected chi connectivity index (χ1v) is 17.1. The van der Waals surface area contributed by atoms with Crippen LogP contribution in [0.1, 0.15) is 59.3 Å². The van der Waals surface area contributed by atoms with Gasteiger partial charge in [-0.3, -0.25) is 0 Å². The van der Waals surface area contributed by atoms with Crippen molar-refractivity contribution in [2.24, 2.45) is 0 Å². The summed E-state index contributed by atoms with van der Waals surface area (Å²) in [4.78, 5) is 4.39. The van der Waals surface area contributed by atoms with E-state index in [2.05, 4.69) is 93.6 Å². The van der Waals surface area contributed by atoms with Crippen molar-refractivity contribution in [3.8, 4) is 0 Å². The molecule has 3 aromatic rings. The van der Waals surface area contributed by atoms with E-state index in [1.54, 1.807) is 0 Å². The number of rotatable bonds is 15. The fraction of sp³-hybridized carbons (Fsp3) is 0.400. The van der Waals surface area contributed by atoms with Gasteiger partial charge in [-0.2, -0.15) is 0 Å². The second-order valence-corrected chi connectivity index (χ2v) is 13.9. The molecule has 3 aromatic carbocycles. The van der Waals surface area contributed by atoms with Crippen molar-refractivity contribution in [1.29, 1.82) is 0 Å². The van der Waals surface area contributed by atoms with Crippen LogP contribution in [0, 0.1) is 0 Å². The molecular weight excluding hydrogens is 488 g/mol. The Hall–Kier alpha value is -0.860. The normalized spacial score (nSPS) is 11.3. The molecule has 0 bridgehead atoms. The Morgan fingerprint density at radius 3 is 1.06 bits per heavy atom. The molecule has 0 saturated heterocycles. The predicted octanol–water partition coefficient (Wildman–Crippen LogP) is 9.12. The van der Waals surface area contributed by atoms with Crippen molar-refractivity contribution in [3.63, 3.8) is 0 Å². The minimum atomic E-state index is -0.633. The van der Waals surface area contributed by atoms with Gasteiger partial charge in [0.15, 0.2) is 0 Å². The Balaban J connectivity index is 2.11. The van der Waals surface area contributed by atoms with Crippen LogP contribution in [0.5, 0.6) is 0 Å². The number of hydrogen-bond acceptors (Lipinski definition) is 3. The Morgan fingerprint density at radius 2 is 0.765 bits per heavy atom. The molecule has 182 valence electrons. The lowest BCUT2D eigenvalue weighted by Gasteiger charge is -2.26. The van der Waals surface area contributed by atoms with Gasteiger partial charge in [-0.15, -0.1) is 35.3 Å². The van der Waals surface area contributed by atoms with Crippen LogP contribution in [0.3, 0.4) is 0 Å². The van der Waals surface area contributed by atoms with Gasteiger partial charge in [-0.05, 0) is 78.6 Å². The average molecular weight is 527 g/mol. The quantitative estimate of drug-likeness (QED) is 0.110. The lowest BCUT2D eigenvalue weighted by Crippen LogP contribution is -2.24. The first kappa shape index (κ1) is 27.7. The van der Waals surface area contributed by atoms with Crippen LogP contribution >= 0.6 is 43.2 Å². The molecule has 0 heterocycles. The molecule has 0 atom stereocenters. The van der Waals surface area contributed by atoms with E-state index in [4.69, 9.17) is 0 Å². The number of thioether (sulfide) groups is 3. The molecule has 0 unspecified atom stereocenters. The van der Waals surface area contributed by atoms with E-state index < -0.39 is 7.92 Å². The fourth-order valence-electron chi connectivity index (χ4n) is 3.66. The summed E-state index contributed by atoms with van der Waals surface area (Å²) in [6, 6.07) is 27.7. The van der Waals surface area contributed by atoms with Gasteiger partial charge in [0.2, 0.25) is 0 Å². The Kier molecular flexibility index (Phi) is 13.0. The summed E-state index contributed by atoms with van der Waals surface area (Å²) < 4.78 is 0. The van der Waals surface area contributed by atoms with Gasteiger partial charge < -0.3 is 0 Å². The molecule has 0 aliphatic rings. The molecule has 0 aliphatic carbocycles. The smallest absolute Gasteiger partial charge is 0.0155 e. The van der Waals surface area contributed by atoms with Crippen LogP contribution in [0.25, 0.3) is 0 Å². The molecule has 4 heteroatoms. The summed E-state index contributed by atoms with van der Waals surface area (Å²) >= 11 is 6.14. The second-order valence-electron chi connectivity index (χ2n) is 8.34. The van der Waals surface area contributed by atoms with Crippen LogP contribution in [-0.2, 0) is 0 Å². The van der Waals surface area contributed by atoms with Gasteiger partial charge >= 0.3 is 0 Å². The Labute approximate surface area is 222 Å². The van der Waals surface area contributed by atoms with E-state index in [1.165, 1.54) is 86.4 Å². The lowest BCUT2D eigenvalue weighted by molar-refractivity contribution is 0.896. The summed E-state index contributed by atoms with van der Waals surface area (Å²) in [7, 11) is -0.633. The SMILES string of the molecule is CCCCSc1ccccc1P(c1ccccc1SCCCC)c1ccccc1SCCCC. The molecule has 0 aliphatic heterocycles. The highest BCUT2D eigenvalue weighted by Gasteiger charge is 2.24. The molecule has 0 aromatic heterocycles. The molecule has 0 N–H and O–H groups in total. The molecule has 3 rings (SSSR count). The third kappa shape index (κ3) is 8.09. The molecule has 0 spiro atoms. The molecule has 0 nitrogen and oxygen atoms in total. The molecule has 0 saturated carbocycles. The van der Waals surface area contributed by atoms with Crippen LogP contribution in [0.2, 0.25) is 0 Å². The molecule has 34 heavy (non-hydrogen) atoms. The highest BCUT2D eigenvalue weighted by Crippen LogP contribution is 2.42. The first-order valence-electron chi connectivity index (χ1n) is 12.8. The van der Waals surface area contributed by atoms with Crippen molar-refractivity contribution in [1.82, 2.24) is 0 Å². The maximum absolute atomic E-state index is 2.40. The minimum absolute atomic E-state index is 0.633. The van der Waals surface area contributed by atoms with Gasteiger partial charge in [0.1, 0.15) is 0 Å². The number of benzene rings is 3. The third-order valence-electron chi connectivity index (χ3n) is 5.58. The zero-order valence-electron chi connectivity index (χ0n) is 21.0. The molecule has 0 fully saturated rings. The van der Waals surface area contributed by atoms with Gasteiger partial charge in [0.05, 0.1) is 0 Å². The summed E-state index contributed by atoms with van der Waals surface area (Å²) in [5.74, 6) is 3.57. The third-order valence-corrected chi connectivity index (χ3v) is 12.1. The van der Waals surface area contributed by atoms with Crippen LogP contribution in [0.15, 0.2) is 87.5 Å². The highest BCUT2D eigenvalue weighted by molar-refractivity contribution is 8.01. The molecule has 0 amide bonds. The molecule has 0 radical (unpaired) electrons. The van der Waals surface area contributed by atoms with Crippen molar-refractivity contribution < 1.29 is 0 Å². The van der Waals surface area contributed by atoms with Crippen molar-refractivity contribution in [2.75, 3.05) is 17.3 Å². The number of hydrogen-bond donors (Lipinski definition) is 0.